The first-order valence-corrected chi connectivity index (χ1v) is 18.4. The van der Waals surface area contributed by atoms with Crippen molar-refractivity contribution >= 4 is 39.9 Å². The van der Waals surface area contributed by atoms with Gasteiger partial charge in [0.25, 0.3) is 11.8 Å². The molecule has 1 fully saturated rings. The number of carboxylic acids is 1. The van der Waals surface area contributed by atoms with Crippen molar-refractivity contribution in [3.63, 3.8) is 0 Å². The van der Waals surface area contributed by atoms with Gasteiger partial charge in [-0.25, -0.2) is 9.69 Å². The van der Waals surface area contributed by atoms with Gasteiger partial charge in [0, 0.05) is 28.9 Å². The van der Waals surface area contributed by atoms with Gasteiger partial charge in [0.2, 0.25) is 0 Å². The Morgan fingerprint density at radius 2 is 1.64 bits per heavy atom. The molecule has 2 amide bonds. The van der Waals surface area contributed by atoms with E-state index in [1.54, 1.807) is 0 Å². The lowest BCUT2D eigenvalue weighted by atomic mass is 9.76. The number of ether oxygens (including phenoxy) is 1. The molecule has 1 aliphatic carbocycles. The summed E-state index contributed by atoms with van der Waals surface area (Å²) >= 11 is 0. The Labute approximate surface area is 310 Å². The van der Waals surface area contributed by atoms with E-state index < -0.39 is 23.2 Å². The van der Waals surface area contributed by atoms with Crippen LogP contribution in [-0.4, -0.2) is 36.0 Å². The van der Waals surface area contributed by atoms with Crippen LogP contribution in [0.5, 0.6) is 5.75 Å². The van der Waals surface area contributed by atoms with Gasteiger partial charge in [-0.3, -0.25) is 9.59 Å². The fraction of sp³-hybridized carbons (Fsp3) is 0.289. The first kappa shape index (κ1) is 35.5. The van der Waals surface area contributed by atoms with Crippen LogP contribution in [0.4, 0.5) is 11.4 Å². The summed E-state index contributed by atoms with van der Waals surface area (Å²) in [5.74, 6) is -1.57. The number of anilines is 2. The number of amides is 2. The highest BCUT2D eigenvalue weighted by molar-refractivity contribution is 6.31. The van der Waals surface area contributed by atoms with Gasteiger partial charge in [-0.15, -0.1) is 0 Å². The molecule has 0 aromatic heterocycles. The van der Waals surface area contributed by atoms with Crippen molar-refractivity contribution in [1.29, 1.82) is 5.26 Å². The third-order valence-corrected chi connectivity index (χ3v) is 10.9. The first-order chi connectivity index (χ1) is 25.6. The second-order valence-electron chi connectivity index (χ2n) is 14.4. The Morgan fingerprint density at radius 3 is 2.32 bits per heavy atom. The molecule has 1 N–H and O–H groups in total. The van der Waals surface area contributed by atoms with E-state index in [4.69, 9.17) is 4.74 Å². The average molecular weight is 706 g/mol. The molecule has 3 aliphatic rings. The lowest BCUT2D eigenvalue weighted by Gasteiger charge is -2.33. The molecule has 1 saturated carbocycles. The molecule has 8 nitrogen and oxygen atoms in total. The summed E-state index contributed by atoms with van der Waals surface area (Å²) in [5, 5.41) is 22.3. The number of rotatable bonds is 9. The lowest BCUT2D eigenvalue weighted by Crippen LogP contribution is -2.44. The van der Waals surface area contributed by atoms with Crippen molar-refractivity contribution in [2.45, 2.75) is 64.7 Å². The normalized spacial score (nSPS) is 18.9. The van der Waals surface area contributed by atoms with E-state index in [1.165, 1.54) is 40.8 Å². The fourth-order valence-corrected chi connectivity index (χ4v) is 8.36. The van der Waals surface area contributed by atoms with Crippen LogP contribution in [0.1, 0.15) is 74.4 Å². The summed E-state index contributed by atoms with van der Waals surface area (Å²) in [6.45, 7) is 7.68. The first-order valence-electron chi connectivity index (χ1n) is 18.4. The number of imide groups is 1. The molecular weight excluding hydrogens is 663 g/mol. The van der Waals surface area contributed by atoms with Gasteiger partial charge in [0.05, 0.1) is 17.9 Å². The SMILES string of the molecule is CCOc1ccc(CCN2/C(=C/C=C3\C(=O)N(c4ccc(C(=O)O)cc4)C(=O)C(C#N)=C3C3CCCCC3)C(C)(C)c3c2ccc2ccccc32)cc1. The monoisotopic (exact) mass is 705 g/mol. The van der Waals surface area contributed by atoms with Gasteiger partial charge in [-0.1, -0.05) is 75.6 Å². The number of hydrogen-bond acceptors (Lipinski definition) is 6. The van der Waals surface area contributed by atoms with Gasteiger partial charge in [0.15, 0.2) is 0 Å². The zero-order valence-corrected chi connectivity index (χ0v) is 30.4. The largest absolute Gasteiger partial charge is 0.494 e. The highest BCUT2D eigenvalue weighted by Crippen LogP contribution is 2.51. The zero-order chi connectivity index (χ0) is 37.3. The Balaban J connectivity index is 1.37. The second-order valence-corrected chi connectivity index (χ2v) is 14.4. The number of fused-ring (bicyclic) bond motifs is 3. The van der Waals surface area contributed by atoms with Crippen molar-refractivity contribution in [2.24, 2.45) is 5.92 Å². The smallest absolute Gasteiger partial charge is 0.335 e. The molecule has 2 heterocycles. The Kier molecular flexibility index (Phi) is 9.76. The molecule has 0 unspecified atom stereocenters. The maximum absolute atomic E-state index is 14.6. The Hall–Kier alpha value is -5.94. The van der Waals surface area contributed by atoms with Crippen LogP contribution >= 0.6 is 0 Å². The minimum atomic E-state index is -1.11. The summed E-state index contributed by atoms with van der Waals surface area (Å²) in [5.41, 5.74) is 5.10. The number of aromatic carboxylic acids is 1. The van der Waals surface area contributed by atoms with Crippen LogP contribution in [-0.2, 0) is 21.4 Å². The number of carbonyl (C=O) groups is 3. The lowest BCUT2D eigenvalue weighted by molar-refractivity contribution is -0.123. The molecule has 0 radical (unpaired) electrons. The van der Waals surface area contributed by atoms with E-state index in [0.717, 1.165) is 65.9 Å². The molecule has 7 rings (SSSR count). The van der Waals surface area contributed by atoms with Gasteiger partial charge in [0.1, 0.15) is 17.4 Å². The number of carbonyl (C=O) groups excluding carboxylic acids is 2. The second kappa shape index (κ2) is 14.6. The maximum Gasteiger partial charge on any atom is 0.335 e. The van der Waals surface area contributed by atoms with Crippen molar-refractivity contribution in [3.8, 4) is 11.8 Å². The quantitative estimate of drug-likeness (QED) is 0.137. The minimum Gasteiger partial charge on any atom is -0.494 e. The van der Waals surface area contributed by atoms with Crippen LogP contribution in [0, 0.1) is 17.2 Å². The van der Waals surface area contributed by atoms with Crippen molar-refractivity contribution in [3.05, 3.63) is 136 Å². The van der Waals surface area contributed by atoms with Crippen molar-refractivity contribution in [1.82, 2.24) is 0 Å². The third kappa shape index (κ3) is 6.53. The minimum absolute atomic E-state index is 0.0317. The number of carboxylic acid groups (broad SMARTS) is 1. The van der Waals surface area contributed by atoms with Gasteiger partial charge < -0.3 is 14.7 Å². The molecule has 0 atom stereocenters. The fourth-order valence-electron chi connectivity index (χ4n) is 8.36. The molecule has 53 heavy (non-hydrogen) atoms. The van der Waals surface area contributed by atoms with Crippen molar-refractivity contribution in [2.75, 3.05) is 23.0 Å². The van der Waals surface area contributed by atoms with Gasteiger partial charge >= 0.3 is 5.97 Å². The molecule has 268 valence electrons. The van der Waals surface area contributed by atoms with Gasteiger partial charge in [-0.05, 0) is 114 Å². The third-order valence-electron chi connectivity index (χ3n) is 10.9. The van der Waals surface area contributed by atoms with Gasteiger partial charge in [-0.2, -0.15) is 5.26 Å². The molecule has 0 saturated heterocycles. The molecule has 4 aromatic rings. The van der Waals surface area contributed by atoms with E-state index in [2.05, 4.69) is 67.3 Å². The van der Waals surface area contributed by atoms with E-state index in [9.17, 15) is 24.8 Å². The summed E-state index contributed by atoms with van der Waals surface area (Å²) < 4.78 is 5.67. The van der Waals surface area contributed by atoms with Crippen molar-refractivity contribution < 1.29 is 24.2 Å². The van der Waals surface area contributed by atoms with Crippen LogP contribution in [0.25, 0.3) is 10.8 Å². The van der Waals surface area contributed by atoms with E-state index in [0.29, 0.717) is 24.3 Å². The number of allylic oxidation sites excluding steroid dienone is 3. The zero-order valence-electron chi connectivity index (χ0n) is 30.4. The molecule has 0 spiro atoms. The predicted octanol–water partition coefficient (Wildman–Crippen LogP) is 9.06. The topological polar surface area (TPSA) is 111 Å². The molecule has 4 aromatic carbocycles. The Bertz CT molecular complexity index is 2230. The predicted molar refractivity (Wildman–Crippen MR) is 207 cm³/mol. The molecule has 8 heteroatoms. The van der Waals surface area contributed by atoms with E-state index in [1.807, 2.05) is 37.3 Å². The van der Waals surface area contributed by atoms with Crippen LogP contribution < -0.4 is 14.5 Å². The summed E-state index contributed by atoms with van der Waals surface area (Å²) in [6, 6.07) is 28.7. The number of nitrogens with zero attached hydrogens (tertiary/aromatic N) is 3. The highest BCUT2D eigenvalue weighted by atomic mass is 16.5. The molecule has 2 aliphatic heterocycles. The summed E-state index contributed by atoms with van der Waals surface area (Å²) in [4.78, 5) is 43.6. The van der Waals surface area contributed by atoms with E-state index in [-0.39, 0.29) is 22.7 Å². The number of benzene rings is 4. The summed E-state index contributed by atoms with van der Waals surface area (Å²) in [7, 11) is 0. The number of hydrogen-bond donors (Lipinski definition) is 1. The van der Waals surface area contributed by atoms with Crippen LogP contribution in [0.15, 0.2) is 119 Å². The standard InChI is InChI=1S/C45H43N3O5/c1-4-53-34-21-14-29(15-22-34)26-27-47-38-24-18-30-10-8-9-13-35(30)41(38)45(2,3)39(47)25-23-36-40(31-11-6-5-7-12-31)37(28-46)43(50)48(42(36)49)33-19-16-32(17-20-33)44(51)52/h8-10,13-25,31H,4-7,11-12,26-27H2,1-3H3,(H,51,52)/b36-23-,39-25+. The van der Waals surface area contributed by atoms with E-state index >= 15 is 0 Å². The van der Waals surface area contributed by atoms with Crippen LogP contribution in [0.3, 0.4) is 0 Å². The molecule has 0 bridgehead atoms. The average Bonchev–Trinajstić information content (AvgIpc) is 3.39. The number of nitriles is 1. The molecular formula is C45H43N3O5. The summed E-state index contributed by atoms with van der Waals surface area (Å²) in [6.07, 6.45) is 9.17. The Morgan fingerprint density at radius 1 is 0.925 bits per heavy atom. The van der Waals surface area contributed by atoms with Crippen LogP contribution in [0.2, 0.25) is 0 Å². The highest BCUT2D eigenvalue weighted by Gasteiger charge is 2.43. The maximum atomic E-state index is 14.6.